The van der Waals surface area contributed by atoms with E-state index < -0.39 is 5.25 Å². The van der Waals surface area contributed by atoms with Crippen LogP contribution in [-0.4, -0.2) is 29.1 Å². The molecule has 0 saturated heterocycles. The van der Waals surface area contributed by atoms with Crippen LogP contribution in [0.1, 0.15) is 12.5 Å². The maximum atomic E-state index is 12.4. The molecule has 1 amide bonds. The number of nitrogens with zero attached hydrogens (tertiary/aromatic N) is 1. The van der Waals surface area contributed by atoms with Crippen molar-refractivity contribution in [3.63, 3.8) is 0 Å². The number of rotatable bonds is 5. The zero-order valence-corrected chi connectivity index (χ0v) is 15.0. The Balaban J connectivity index is 1.67. The van der Waals surface area contributed by atoms with Crippen LogP contribution in [0, 0.1) is 0 Å². The van der Waals surface area contributed by atoms with E-state index in [0.717, 1.165) is 10.6 Å². The van der Waals surface area contributed by atoms with E-state index in [1.807, 2.05) is 31.2 Å². The normalized spacial score (nSPS) is 16.0. The number of carbonyl (C=O) groups is 1. The molecule has 1 atom stereocenters. The Morgan fingerprint density at radius 1 is 1.38 bits per heavy atom. The van der Waals surface area contributed by atoms with Crippen LogP contribution in [0.3, 0.4) is 0 Å². The van der Waals surface area contributed by atoms with Gasteiger partial charge in [-0.05, 0) is 31.2 Å². The summed E-state index contributed by atoms with van der Waals surface area (Å²) in [4.78, 5) is 13.4. The average Bonchev–Trinajstić information content (AvgIpc) is 2.64. The van der Waals surface area contributed by atoms with E-state index in [2.05, 4.69) is 22.4 Å². The molecule has 2 aromatic carbocycles. The molecular weight excluding hydrogens is 350 g/mol. The van der Waals surface area contributed by atoms with E-state index in [9.17, 15) is 9.90 Å². The topological polar surface area (TPSA) is 83.0 Å². The zero-order chi connectivity index (χ0) is 18.5. The number of hydrazone groups is 1. The van der Waals surface area contributed by atoms with Gasteiger partial charge in [-0.2, -0.15) is 5.10 Å². The second kappa shape index (κ2) is 7.97. The third-order valence-electron chi connectivity index (χ3n) is 3.69. The first kappa shape index (κ1) is 17.9. The monoisotopic (exact) mass is 369 g/mol. The molecule has 7 heteroatoms. The van der Waals surface area contributed by atoms with E-state index in [4.69, 9.17) is 4.74 Å². The summed E-state index contributed by atoms with van der Waals surface area (Å²) in [6.45, 7) is 6.21. The molecule has 0 saturated carbocycles. The van der Waals surface area contributed by atoms with E-state index in [0.29, 0.717) is 23.6 Å². The Labute approximate surface area is 156 Å². The van der Waals surface area contributed by atoms with Gasteiger partial charge in [0, 0.05) is 16.2 Å². The highest BCUT2D eigenvalue weighted by Crippen LogP contribution is 2.38. The summed E-state index contributed by atoms with van der Waals surface area (Å²) in [6.07, 6.45) is 1.38. The summed E-state index contributed by atoms with van der Waals surface area (Å²) in [6, 6.07) is 12.8. The second-order valence-electron chi connectivity index (χ2n) is 5.51. The van der Waals surface area contributed by atoms with Crippen molar-refractivity contribution in [1.82, 2.24) is 5.43 Å². The number of benzene rings is 2. The predicted molar refractivity (Wildman–Crippen MR) is 104 cm³/mol. The number of anilines is 1. The van der Waals surface area contributed by atoms with Crippen LogP contribution in [0.5, 0.6) is 11.5 Å². The Hall–Kier alpha value is -2.93. The number of thioether (sulfide) groups is 1. The number of carbonyl (C=O) groups excluding carboxylic acids is 1. The number of phenolic OH excluding ortho intramolecular Hbond substituents is 1. The van der Waals surface area contributed by atoms with Gasteiger partial charge in [0.15, 0.2) is 11.5 Å². The van der Waals surface area contributed by atoms with Gasteiger partial charge in [0.05, 0.1) is 18.5 Å². The average molecular weight is 369 g/mol. The summed E-state index contributed by atoms with van der Waals surface area (Å²) in [5.74, 6) is 0.0675. The number of hydrogen-bond donors (Lipinski definition) is 3. The van der Waals surface area contributed by atoms with Crippen LogP contribution >= 0.6 is 11.8 Å². The predicted octanol–water partition coefficient (Wildman–Crippen LogP) is 3.34. The van der Waals surface area contributed by atoms with E-state index in [1.54, 1.807) is 18.2 Å². The number of phenols is 1. The largest absolute Gasteiger partial charge is 0.504 e. The van der Waals surface area contributed by atoms with Gasteiger partial charge in [-0.25, -0.2) is 5.43 Å². The van der Waals surface area contributed by atoms with Crippen molar-refractivity contribution in [2.24, 2.45) is 5.10 Å². The van der Waals surface area contributed by atoms with Crippen molar-refractivity contribution in [3.8, 4) is 11.5 Å². The Morgan fingerprint density at radius 2 is 2.19 bits per heavy atom. The number of hydrogen-bond acceptors (Lipinski definition) is 6. The quantitative estimate of drug-likeness (QED) is 0.556. The molecule has 0 unspecified atom stereocenters. The van der Waals surface area contributed by atoms with Gasteiger partial charge in [-0.1, -0.05) is 24.8 Å². The fourth-order valence-electron chi connectivity index (χ4n) is 2.46. The van der Waals surface area contributed by atoms with Crippen LogP contribution in [0.15, 0.2) is 64.7 Å². The Kier molecular flexibility index (Phi) is 5.48. The van der Waals surface area contributed by atoms with Gasteiger partial charge in [-0.15, -0.1) is 11.8 Å². The summed E-state index contributed by atoms with van der Waals surface area (Å²) < 4.78 is 5.33. The first-order valence-corrected chi connectivity index (χ1v) is 8.97. The SMILES string of the molecule is C=C1Nc2ccccc2S[C@H]1C(=O)N/N=C/c1cccc(OCC)c1O. The molecule has 1 aliphatic rings. The van der Waals surface area contributed by atoms with Gasteiger partial charge in [0.2, 0.25) is 0 Å². The minimum atomic E-state index is -0.495. The lowest BCUT2D eigenvalue weighted by atomic mass is 10.2. The molecule has 2 aromatic rings. The highest BCUT2D eigenvalue weighted by Gasteiger charge is 2.28. The van der Waals surface area contributed by atoms with Crippen molar-refractivity contribution in [3.05, 3.63) is 60.3 Å². The number of fused-ring (bicyclic) bond motifs is 1. The smallest absolute Gasteiger partial charge is 0.259 e. The zero-order valence-electron chi connectivity index (χ0n) is 14.2. The van der Waals surface area contributed by atoms with E-state index in [1.165, 1.54) is 18.0 Å². The van der Waals surface area contributed by atoms with Crippen molar-refractivity contribution < 1.29 is 14.6 Å². The Morgan fingerprint density at radius 3 is 3.00 bits per heavy atom. The molecule has 6 nitrogen and oxygen atoms in total. The van der Waals surface area contributed by atoms with Crippen molar-refractivity contribution in [1.29, 1.82) is 0 Å². The van der Waals surface area contributed by atoms with Gasteiger partial charge < -0.3 is 15.2 Å². The van der Waals surface area contributed by atoms with Crippen molar-refractivity contribution in [2.45, 2.75) is 17.1 Å². The van der Waals surface area contributed by atoms with Gasteiger partial charge >= 0.3 is 0 Å². The molecule has 0 aromatic heterocycles. The van der Waals surface area contributed by atoms with Crippen LogP contribution < -0.4 is 15.5 Å². The molecule has 0 bridgehead atoms. The highest BCUT2D eigenvalue weighted by atomic mass is 32.2. The molecule has 134 valence electrons. The lowest BCUT2D eigenvalue weighted by Gasteiger charge is -2.26. The molecule has 0 radical (unpaired) electrons. The van der Waals surface area contributed by atoms with Crippen LogP contribution in [0.25, 0.3) is 0 Å². The summed E-state index contributed by atoms with van der Waals surface area (Å²) in [7, 11) is 0. The number of amides is 1. The molecule has 3 rings (SSSR count). The molecule has 1 aliphatic heterocycles. The molecule has 26 heavy (non-hydrogen) atoms. The molecule has 1 heterocycles. The van der Waals surface area contributed by atoms with Crippen LogP contribution in [0.2, 0.25) is 0 Å². The van der Waals surface area contributed by atoms with E-state index in [-0.39, 0.29) is 11.7 Å². The standard InChI is InChI=1S/C19H19N3O3S/c1-3-25-15-9-6-7-13(17(15)23)11-20-22-19(24)18-12(2)21-14-8-4-5-10-16(14)26-18/h4-11,18,21,23H,2-3H2,1H3,(H,22,24)/b20-11+/t18-/m1/s1. The molecule has 0 spiro atoms. The van der Waals surface area contributed by atoms with Crippen LogP contribution in [0.4, 0.5) is 5.69 Å². The number of nitrogens with one attached hydrogen (secondary N) is 2. The van der Waals surface area contributed by atoms with E-state index >= 15 is 0 Å². The molecule has 0 fully saturated rings. The minimum Gasteiger partial charge on any atom is -0.504 e. The molecule has 3 N–H and O–H groups in total. The number of para-hydroxylation sites is 2. The summed E-state index contributed by atoms with van der Waals surface area (Å²) in [5, 5.41) is 16.7. The van der Waals surface area contributed by atoms with Gasteiger partial charge in [0.25, 0.3) is 5.91 Å². The summed E-state index contributed by atoms with van der Waals surface area (Å²) >= 11 is 1.41. The molecular formula is C19H19N3O3S. The minimum absolute atomic E-state index is 0.0144. The lowest BCUT2D eigenvalue weighted by Crippen LogP contribution is -2.34. The second-order valence-corrected chi connectivity index (χ2v) is 6.65. The first-order valence-electron chi connectivity index (χ1n) is 8.09. The Bertz CT molecular complexity index is 867. The number of aromatic hydroxyl groups is 1. The van der Waals surface area contributed by atoms with Gasteiger partial charge in [-0.3, -0.25) is 4.79 Å². The highest BCUT2D eigenvalue weighted by molar-refractivity contribution is 8.01. The summed E-state index contributed by atoms with van der Waals surface area (Å²) in [5.41, 5.74) is 4.49. The third-order valence-corrected chi connectivity index (χ3v) is 5.03. The lowest BCUT2D eigenvalue weighted by molar-refractivity contribution is -0.119. The van der Waals surface area contributed by atoms with Crippen molar-refractivity contribution in [2.75, 3.05) is 11.9 Å². The fraction of sp³-hybridized carbons (Fsp3) is 0.158. The third kappa shape index (κ3) is 3.83. The first-order chi connectivity index (χ1) is 12.6. The van der Waals surface area contributed by atoms with Gasteiger partial charge in [0.1, 0.15) is 5.25 Å². The van der Waals surface area contributed by atoms with Crippen molar-refractivity contribution >= 4 is 29.6 Å². The van der Waals surface area contributed by atoms with Crippen LogP contribution in [-0.2, 0) is 4.79 Å². The maximum absolute atomic E-state index is 12.4. The maximum Gasteiger partial charge on any atom is 0.259 e. The number of ether oxygens (including phenoxy) is 1. The fourth-order valence-corrected chi connectivity index (χ4v) is 3.48. The molecule has 0 aliphatic carbocycles.